The number of hydrogen-bond donors (Lipinski definition) is 0. The number of hydrogen-bond acceptors (Lipinski definition) is 3. The first-order valence-electron chi connectivity index (χ1n) is 16.9. The Kier molecular flexibility index (Phi) is 5.63. The van der Waals surface area contributed by atoms with Gasteiger partial charge in [-0.2, -0.15) is 0 Å². The highest BCUT2D eigenvalue weighted by Gasteiger charge is 2.24. The van der Waals surface area contributed by atoms with Gasteiger partial charge in [-0.15, -0.1) is 0 Å². The van der Waals surface area contributed by atoms with Crippen molar-refractivity contribution in [3.63, 3.8) is 0 Å². The number of furan rings is 1. The van der Waals surface area contributed by atoms with Crippen molar-refractivity contribution < 1.29 is 4.42 Å². The molecule has 4 nitrogen and oxygen atoms in total. The Balaban J connectivity index is 1.30. The highest BCUT2D eigenvalue weighted by molar-refractivity contribution is 6.23. The molecule has 0 amide bonds. The Morgan fingerprint density at radius 1 is 0.440 bits per heavy atom. The third-order valence-electron chi connectivity index (χ3n) is 10.2. The average Bonchev–Trinajstić information content (AvgIpc) is 3.74. The molecule has 0 radical (unpaired) electrons. The fourth-order valence-electron chi connectivity index (χ4n) is 7.92. The van der Waals surface area contributed by atoms with E-state index in [1.165, 1.54) is 38.1 Å². The summed E-state index contributed by atoms with van der Waals surface area (Å²) in [5.74, 6) is 1.38. The maximum absolute atomic E-state index is 6.79. The minimum atomic E-state index is 0.659. The number of nitrogens with zero attached hydrogens (tertiary/aromatic N) is 3. The van der Waals surface area contributed by atoms with E-state index in [-0.39, 0.29) is 0 Å². The second-order valence-electron chi connectivity index (χ2n) is 13.0. The molecule has 8 aromatic carbocycles. The van der Waals surface area contributed by atoms with Crippen molar-refractivity contribution in [3.8, 4) is 28.3 Å². The number of fused-ring (bicyclic) bond motifs is 11. The lowest BCUT2D eigenvalue weighted by atomic mass is 9.96. The van der Waals surface area contributed by atoms with Gasteiger partial charge in [-0.05, 0) is 67.7 Å². The van der Waals surface area contributed by atoms with E-state index in [9.17, 15) is 0 Å². The van der Waals surface area contributed by atoms with Gasteiger partial charge >= 0.3 is 0 Å². The molecule has 0 bridgehead atoms. The second kappa shape index (κ2) is 10.4. The van der Waals surface area contributed by atoms with Crippen LogP contribution >= 0.6 is 0 Å². The molecular formula is C46H27N3O. The van der Waals surface area contributed by atoms with Gasteiger partial charge in [0.2, 0.25) is 0 Å². The molecule has 50 heavy (non-hydrogen) atoms. The minimum Gasteiger partial charge on any atom is -0.450 e. The monoisotopic (exact) mass is 637 g/mol. The first-order chi connectivity index (χ1) is 24.8. The van der Waals surface area contributed by atoms with E-state index in [0.717, 1.165) is 55.1 Å². The van der Waals surface area contributed by atoms with Gasteiger partial charge in [-0.25, -0.2) is 9.97 Å². The highest BCUT2D eigenvalue weighted by atomic mass is 16.3. The molecule has 0 saturated carbocycles. The van der Waals surface area contributed by atoms with Crippen LogP contribution in [0.1, 0.15) is 0 Å². The highest BCUT2D eigenvalue weighted by Crippen LogP contribution is 2.43. The first kappa shape index (κ1) is 27.2. The van der Waals surface area contributed by atoms with Crippen molar-refractivity contribution in [1.29, 1.82) is 0 Å². The number of rotatable bonds is 3. The lowest BCUT2D eigenvalue weighted by Gasteiger charge is -2.11. The zero-order valence-corrected chi connectivity index (χ0v) is 26.8. The van der Waals surface area contributed by atoms with E-state index in [1.54, 1.807) is 0 Å². The molecule has 3 heterocycles. The van der Waals surface area contributed by atoms with Gasteiger partial charge in [-0.3, -0.25) is 4.57 Å². The van der Waals surface area contributed by atoms with Crippen molar-refractivity contribution in [3.05, 3.63) is 164 Å². The van der Waals surface area contributed by atoms with E-state index < -0.39 is 0 Å². The van der Waals surface area contributed by atoms with Gasteiger partial charge in [0.1, 0.15) is 11.1 Å². The Bertz CT molecular complexity index is 3150. The first-order valence-corrected chi connectivity index (χ1v) is 16.9. The van der Waals surface area contributed by atoms with Gasteiger partial charge in [0.15, 0.2) is 17.2 Å². The molecule has 0 unspecified atom stereocenters. The summed E-state index contributed by atoms with van der Waals surface area (Å²) in [6.45, 7) is 0. The van der Waals surface area contributed by atoms with E-state index in [0.29, 0.717) is 11.4 Å². The molecule has 0 aliphatic heterocycles. The molecular weight excluding hydrogens is 611 g/mol. The molecule has 0 spiro atoms. The largest absolute Gasteiger partial charge is 0.450 e. The number of aromatic nitrogens is 3. The molecule has 0 aliphatic rings. The Morgan fingerprint density at radius 2 is 1.08 bits per heavy atom. The van der Waals surface area contributed by atoms with Crippen LogP contribution in [0.2, 0.25) is 0 Å². The fraction of sp³-hybridized carbons (Fsp3) is 0. The predicted octanol–water partition coefficient (Wildman–Crippen LogP) is 12.3. The van der Waals surface area contributed by atoms with E-state index in [1.807, 2.05) is 18.2 Å². The lowest BCUT2D eigenvalue weighted by Crippen LogP contribution is -2.01. The summed E-state index contributed by atoms with van der Waals surface area (Å²) < 4.78 is 9.07. The molecule has 11 rings (SSSR count). The molecule has 0 atom stereocenters. The van der Waals surface area contributed by atoms with Gasteiger partial charge < -0.3 is 4.42 Å². The fourth-order valence-corrected chi connectivity index (χ4v) is 7.92. The minimum absolute atomic E-state index is 0.659. The van der Waals surface area contributed by atoms with Crippen LogP contribution in [0.5, 0.6) is 0 Å². The van der Waals surface area contributed by atoms with Crippen molar-refractivity contribution >= 4 is 76.2 Å². The molecule has 232 valence electrons. The van der Waals surface area contributed by atoms with E-state index >= 15 is 0 Å². The van der Waals surface area contributed by atoms with Crippen LogP contribution in [0.25, 0.3) is 105 Å². The Hall–Kier alpha value is -6.78. The summed E-state index contributed by atoms with van der Waals surface area (Å²) >= 11 is 0. The molecule has 0 saturated heterocycles. The quantitative estimate of drug-likeness (QED) is 0.194. The van der Waals surface area contributed by atoms with Crippen LogP contribution in [0.3, 0.4) is 0 Å². The van der Waals surface area contributed by atoms with Crippen LogP contribution in [0.4, 0.5) is 0 Å². The molecule has 3 aromatic heterocycles. The van der Waals surface area contributed by atoms with E-state index in [2.05, 4.69) is 150 Å². The van der Waals surface area contributed by atoms with Crippen molar-refractivity contribution in [2.75, 3.05) is 0 Å². The SMILES string of the molecule is c1ccc(-c2nc(-n3c4ccc(-c5cccc6ccccc56)cc4c4c5ccccc5ccc43)c3oc4ccc5ccccc5c4c3n2)cc1. The maximum Gasteiger partial charge on any atom is 0.197 e. The van der Waals surface area contributed by atoms with Crippen molar-refractivity contribution in [2.24, 2.45) is 0 Å². The van der Waals surface area contributed by atoms with Gasteiger partial charge in [0, 0.05) is 16.3 Å². The second-order valence-corrected chi connectivity index (χ2v) is 13.0. The zero-order valence-electron chi connectivity index (χ0n) is 26.8. The van der Waals surface area contributed by atoms with Crippen LogP contribution in [0.15, 0.2) is 168 Å². The predicted molar refractivity (Wildman–Crippen MR) is 207 cm³/mol. The molecule has 4 heteroatoms. The van der Waals surface area contributed by atoms with Gasteiger partial charge in [-0.1, -0.05) is 140 Å². The Labute approximate surface area is 286 Å². The normalized spacial score (nSPS) is 12.0. The average molecular weight is 638 g/mol. The molecule has 0 fully saturated rings. The standard InChI is InChI=1S/C46H27N3O/c1-2-14-31(15-3-1)45-47-43-42-36-19-9-6-13-30(36)23-26-40(42)50-44(43)46(48-45)49-38-24-22-32(34-20-10-16-28-11-4-7-17-33(28)34)27-37(38)41-35-18-8-5-12-29(35)21-25-39(41)49/h1-27H. The van der Waals surface area contributed by atoms with E-state index in [4.69, 9.17) is 14.4 Å². The maximum atomic E-state index is 6.79. The molecule has 0 aliphatic carbocycles. The zero-order chi connectivity index (χ0) is 32.8. The van der Waals surface area contributed by atoms with Crippen molar-refractivity contribution in [1.82, 2.24) is 14.5 Å². The van der Waals surface area contributed by atoms with Gasteiger partial charge in [0.25, 0.3) is 0 Å². The molecule has 11 aromatic rings. The van der Waals surface area contributed by atoms with Crippen LogP contribution in [0, 0.1) is 0 Å². The smallest absolute Gasteiger partial charge is 0.197 e. The number of benzene rings is 8. The summed E-state index contributed by atoms with van der Waals surface area (Å²) in [5, 5.41) is 10.5. The lowest BCUT2D eigenvalue weighted by molar-refractivity contribution is 0.662. The summed E-state index contributed by atoms with van der Waals surface area (Å²) in [5.41, 5.74) is 7.74. The topological polar surface area (TPSA) is 43.9 Å². The summed E-state index contributed by atoms with van der Waals surface area (Å²) in [6.07, 6.45) is 0. The van der Waals surface area contributed by atoms with Gasteiger partial charge in [0.05, 0.1) is 16.4 Å². The van der Waals surface area contributed by atoms with Crippen molar-refractivity contribution in [2.45, 2.75) is 0 Å². The third kappa shape index (κ3) is 3.87. The summed E-state index contributed by atoms with van der Waals surface area (Å²) in [6, 6.07) is 57.9. The van der Waals surface area contributed by atoms with Crippen LogP contribution in [-0.2, 0) is 0 Å². The third-order valence-corrected chi connectivity index (χ3v) is 10.2. The van der Waals surface area contributed by atoms with Crippen LogP contribution in [-0.4, -0.2) is 14.5 Å². The summed E-state index contributed by atoms with van der Waals surface area (Å²) in [4.78, 5) is 10.6. The van der Waals surface area contributed by atoms with Crippen LogP contribution < -0.4 is 0 Å². The molecule has 0 N–H and O–H groups in total. The summed E-state index contributed by atoms with van der Waals surface area (Å²) in [7, 11) is 0. The Morgan fingerprint density at radius 3 is 1.88 bits per heavy atom.